The van der Waals surface area contributed by atoms with Crippen molar-refractivity contribution in [2.75, 3.05) is 6.61 Å². The van der Waals surface area contributed by atoms with Gasteiger partial charge in [0.25, 0.3) is 0 Å². The summed E-state index contributed by atoms with van der Waals surface area (Å²) in [5.41, 5.74) is 2.24. The molecule has 1 amide bonds. The lowest BCUT2D eigenvalue weighted by Gasteiger charge is -2.06. The first kappa shape index (κ1) is 21.0. The molecule has 2 aromatic carbocycles. The molecule has 0 spiro atoms. The van der Waals surface area contributed by atoms with Gasteiger partial charge in [-0.3, -0.25) is 4.79 Å². The maximum Gasteiger partial charge on any atom is 0.302 e. The van der Waals surface area contributed by atoms with E-state index in [0.717, 1.165) is 40.2 Å². The molecule has 0 aliphatic heterocycles. The van der Waals surface area contributed by atoms with E-state index in [4.69, 9.17) is 4.74 Å². The average Bonchev–Trinajstić information content (AvgIpc) is 2.96. The number of carbonyl (C=O) groups excluding carboxylic acids is 1. The van der Waals surface area contributed by atoms with E-state index in [0.29, 0.717) is 18.0 Å². The van der Waals surface area contributed by atoms with Crippen molar-refractivity contribution in [1.29, 1.82) is 0 Å². The van der Waals surface area contributed by atoms with Gasteiger partial charge in [-0.2, -0.15) is 0 Å². The molecule has 0 aliphatic carbocycles. The van der Waals surface area contributed by atoms with E-state index in [2.05, 4.69) is 33.1 Å². The number of rotatable bonds is 8. The zero-order valence-electron chi connectivity index (χ0n) is 16.6. The van der Waals surface area contributed by atoms with Crippen LogP contribution in [0.5, 0.6) is 11.6 Å². The van der Waals surface area contributed by atoms with Crippen molar-refractivity contribution in [3.05, 3.63) is 52.5 Å². The van der Waals surface area contributed by atoms with E-state index in [9.17, 15) is 9.90 Å². The van der Waals surface area contributed by atoms with E-state index in [-0.39, 0.29) is 12.5 Å². The molecule has 152 valence electrons. The maximum absolute atomic E-state index is 12.1. The van der Waals surface area contributed by atoms with Crippen molar-refractivity contribution in [1.82, 2.24) is 4.57 Å². The number of azo groups is 1. The van der Waals surface area contributed by atoms with Crippen LogP contribution in [0.3, 0.4) is 0 Å². The number of para-hydroxylation sites is 1. The predicted molar refractivity (Wildman–Crippen MR) is 117 cm³/mol. The highest BCUT2D eigenvalue weighted by atomic mass is 79.9. The number of halogens is 1. The Kier molecular flexibility index (Phi) is 7.04. The Labute approximate surface area is 178 Å². The fourth-order valence-electron chi connectivity index (χ4n) is 3.12. The molecule has 6 nitrogen and oxygen atoms in total. The van der Waals surface area contributed by atoms with Gasteiger partial charge in [-0.05, 0) is 53.5 Å². The van der Waals surface area contributed by atoms with Gasteiger partial charge in [-0.25, -0.2) is 0 Å². The number of benzene rings is 2. The van der Waals surface area contributed by atoms with Crippen LogP contribution in [-0.4, -0.2) is 22.2 Å². The summed E-state index contributed by atoms with van der Waals surface area (Å²) in [5, 5.41) is 19.3. The number of hydrogen-bond donors (Lipinski definition) is 1. The lowest BCUT2D eigenvalue weighted by atomic mass is 10.1. The van der Waals surface area contributed by atoms with Gasteiger partial charge in [0, 0.05) is 11.9 Å². The van der Waals surface area contributed by atoms with Crippen molar-refractivity contribution >= 4 is 38.4 Å². The Hall–Kier alpha value is -2.67. The molecule has 0 fully saturated rings. The van der Waals surface area contributed by atoms with Gasteiger partial charge in [-0.15, -0.1) is 10.2 Å². The second-order valence-corrected chi connectivity index (χ2v) is 7.72. The van der Waals surface area contributed by atoms with Gasteiger partial charge < -0.3 is 14.4 Å². The van der Waals surface area contributed by atoms with Crippen LogP contribution in [0, 0.1) is 6.92 Å². The van der Waals surface area contributed by atoms with E-state index < -0.39 is 5.91 Å². The highest BCUT2D eigenvalue weighted by Gasteiger charge is 2.17. The van der Waals surface area contributed by atoms with Gasteiger partial charge in [-0.1, -0.05) is 43.5 Å². The summed E-state index contributed by atoms with van der Waals surface area (Å²) in [7, 11) is 0. The van der Waals surface area contributed by atoms with Crippen molar-refractivity contribution < 1.29 is 14.6 Å². The number of aromatic nitrogens is 1. The van der Waals surface area contributed by atoms with Gasteiger partial charge in [0.05, 0.1) is 9.99 Å². The highest BCUT2D eigenvalue weighted by molar-refractivity contribution is 9.10. The molecule has 0 radical (unpaired) electrons. The lowest BCUT2D eigenvalue weighted by Crippen LogP contribution is -2.08. The van der Waals surface area contributed by atoms with Crippen LogP contribution in [0.15, 0.2) is 57.2 Å². The van der Waals surface area contributed by atoms with Crippen molar-refractivity contribution in [2.24, 2.45) is 10.2 Å². The van der Waals surface area contributed by atoms with E-state index in [1.165, 1.54) is 0 Å². The summed E-state index contributed by atoms with van der Waals surface area (Å²) in [6, 6.07) is 13.2. The first-order valence-corrected chi connectivity index (χ1v) is 10.4. The number of carbonyl (C=O) groups is 1. The van der Waals surface area contributed by atoms with Crippen molar-refractivity contribution in [3.63, 3.8) is 0 Å². The fourth-order valence-corrected chi connectivity index (χ4v) is 3.52. The molecule has 0 aliphatic rings. The third-order valence-corrected chi connectivity index (χ3v) is 5.26. The summed E-state index contributed by atoms with van der Waals surface area (Å²) < 4.78 is 8.07. The van der Waals surface area contributed by atoms with Crippen LogP contribution in [0.4, 0.5) is 5.69 Å². The molecule has 29 heavy (non-hydrogen) atoms. The van der Waals surface area contributed by atoms with E-state index >= 15 is 0 Å². The number of fused-ring (bicyclic) bond motifs is 1. The summed E-state index contributed by atoms with van der Waals surface area (Å²) in [6.07, 6.45) is 3.13. The van der Waals surface area contributed by atoms with Crippen molar-refractivity contribution in [2.45, 2.75) is 39.7 Å². The number of aromatic hydroxyl groups is 1. The Morgan fingerprint density at radius 1 is 1.21 bits per heavy atom. The number of ether oxygens (including phenoxy) is 1. The molecule has 1 heterocycles. The summed E-state index contributed by atoms with van der Waals surface area (Å²) >= 11 is 3.37. The summed E-state index contributed by atoms with van der Waals surface area (Å²) in [6.45, 7) is 4.57. The molecular weight excluding hydrogens is 434 g/mol. The Balaban J connectivity index is 1.81. The minimum absolute atomic E-state index is 0.0324. The number of nitrogens with zero attached hydrogens (tertiary/aromatic N) is 3. The molecule has 7 heteroatoms. The first-order valence-electron chi connectivity index (χ1n) is 9.65. The fraction of sp³-hybridized carbons (Fsp3) is 0.318. The molecule has 3 aromatic rings. The van der Waals surface area contributed by atoms with Gasteiger partial charge in [0.1, 0.15) is 5.75 Å². The molecule has 1 aromatic heterocycles. The normalized spacial score (nSPS) is 11.4. The number of aryl methyl sites for hydroxylation is 2. The van der Waals surface area contributed by atoms with Crippen LogP contribution in [0.2, 0.25) is 0 Å². The second-order valence-electron chi connectivity index (χ2n) is 6.86. The smallest absolute Gasteiger partial charge is 0.302 e. The molecule has 3 rings (SSSR count). The Morgan fingerprint density at radius 2 is 2.00 bits per heavy atom. The third-order valence-electron chi connectivity index (χ3n) is 4.60. The maximum atomic E-state index is 12.1. The van der Waals surface area contributed by atoms with Crippen LogP contribution in [-0.2, 0) is 11.3 Å². The number of unbranched alkanes of at least 4 members (excludes halogenated alkanes) is 2. The quantitative estimate of drug-likeness (QED) is 0.318. The second kappa shape index (κ2) is 9.69. The van der Waals surface area contributed by atoms with E-state index in [1.807, 2.05) is 47.9 Å². The number of hydrogen-bond acceptors (Lipinski definition) is 4. The third kappa shape index (κ3) is 5.03. The van der Waals surface area contributed by atoms with Crippen LogP contribution >= 0.6 is 15.9 Å². The van der Waals surface area contributed by atoms with Crippen LogP contribution in [0.1, 0.15) is 31.7 Å². The van der Waals surface area contributed by atoms with E-state index in [1.54, 1.807) is 6.07 Å². The molecule has 0 atom stereocenters. The van der Waals surface area contributed by atoms with Crippen LogP contribution in [0.25, 0.3) is 10.9 Å². The standard InChI is InChI=1S/C22H24BrN3O3/c1-3-4-7-12-26-18-11-10-15(2)13-16(18)21(22(26)28)25-24-20(27)14-29-19-9-6-5-8-17(19)23/h5-6,8-11,13,28H,3-4,7,12,14H2,1-2H3. The minimum atomic E-state index is -0.528. The molecular formula is C22H24BrN3O3. The minimum Gasteiger partial charge on any atom is -0.493 e. The van der Waals surface area contributed by atoms with Crippen molar-refractivity contribution in [3.8, 4) is 11.6 Å². The summed E-state index contributed by atoms with van der Waals surface area (Å²) in [5.74, 6) is 0.0618. The van der Waals surface area contributed by atoms with Gasteiger partial charge >= 0.3 is 5.91 Å². The largest absolute Gasteiger partial charge is 0.493 e. The zero-order chi connectivity index (χ0) is 20.8. The van der Waals surface area contributed by atoms with Gasteiger partial charge in [0.2, 0.25) is 5.88 Å². The first-order chi connectivity index (χ1) is 14.0. The zero-order valence-corrected chi connectivity index (χ0v) is 18.1. The Bertz CT molecular complexity index is 1040. The predicted octanol–water partition coefficient (Wildman–Crippen LogP) is 6.30. The monoisotopic (exact) mass is 457 g/mol. The molecule has 0 saturated carbocycles. The topological polar surface area (TPSA) is 76.2 Å². The SMILES string of the molecule is CCCCCn1c(O)c(N=NC(=O)COc2ccccc2Br)c2cc(C)ccc21. The lowest BCUT2D eigenvalue weighted by molar-refractivity contribution is -0.120. The molecule has 1 N–H and O–H groups in total. The molecule has 0 unspecified atom stereocenters. The molecule has 0 saturated heterocycles. The highest BCUT2D eigenvalue weighted by Crippen LogP contribution is 2.39. The summed E-state index contributed by atoms with van der Waals surface area (Å²) in [4.78, 5) is 12.1. The van der Waals surface area contributed by atoms with Gasteiger partial charge in [0.15, 0.2) is 12.3 Å². The average molecular weight is 458 g/mol. The van der Waals surface area contributed by atoms with Crippen LogP contribution < -0.4 is 4.74 Å². The Morgan fingerprint density at radius 3 is 2.76 bits per heavy atom. The molecule has 0 bridgehead atoms. The number of amides is 1.